The van der Waals surface area contributed by atoms with Gasteiger partial charge in [-0.15, -0.1) is 0 Å². The minimum absolute atomic E-state index is 0.111. The van der Waals surface area contributed by atoms with Crippen molar-refractivity contribution in [2.45, 2.75) is 25.2 Å². The highest BCUT2D eigenvalue weighted by molar-refractivity contribution is 9.10. The lowest BCUT2D eigenvalue weighted by molar-refractivity contribution is 0.186. The zero-order valence-corrected chi connectivity index (χ0v) is 13.8. The Morgan fingerprint density at radius 1 is 1.15 bits per heavy atom. The summed E-state index contributed by atoms with van der Waals surface area (Å²) in [5, 5.41) is 10.7. The summed E-state index contributed by atoms with van der Waals surface area (Å²) < 4.78 is 0.969. The normalized spacial score (nSPS) is 14.0. The second-order valence-corrected chi connectivity index (χ2v) is 6.39. The van der Waals surface area contributed by atoms with Gasteiger partial charge in [-0.1, -0.05) is 70.9 Å². The molecule has 1 nitrogen and oxygen atoms in total. The maximum Gasteiger partial charge on any atom is 0.0531 e. The molecular weight excluding hydrogens is 336 g/mol. The molecule has 0 aliphatic heterocycles. The Balaban J connectivity index is 2.39. The molecule has 0 heterocycles. The van der Waals surface area contributed by atoms with E-state index < -0.39 is 0 Å². The molecule has 1 atom stereocenters. The topological polar surface area (TPSA) is 20.2 Å². The van der Waals surface area contributed by atoms with E-state index in [9.17, 15) is 5.11 Å². The van der Waals surface area contributed by atoms with E-state index in [1.54, 1.807) is 0 Å². The number of benzene rings is 2. The van der Waals surface area contributed by atoms with Gasteiger partial charge in [-0.25, -0.2) is 0 Å². The molecule has 0 saturated heterocycles. The first-order valence-electron chi connectivity index (χ1n) is 6.71. The van der Waals surface area contributed by atoms with E-state index in [1.807, 2.05) is 36.4 Å². The Morgan fingerprint density at radius 3 is 2.40 bits per heavy atom. The molecule has 0 radical (unpaired) electrons. The third-order valence-electron chi connectivity index (χ3n) is 3.91. The highest BCUT2D eigenvalue weighted by atomic mass is 79.9. The molecular formula is C17H18BrClO. The summed E-state index contributed by atoms with van der Waals surface area (Å²) in [7, 11) is 0. The average Bonchev–Trinajstić information content (AvgIpc) is 2.48. The van der Waals surface area contributed by atoms with Gasteiger partial charge in [0.1, 0.15) is 0 Å². The van der Waals surface area contributed by atoms with Crippen LogP contribution >= 0.6 is 27.5 Å². The molecule has 2 rings (SSSR count). The molecule has 0 bridgehead atoms. The van der Waals surface area contributed by atoms with Crippen LogP contribution in [0.3, 0.4) is 0 Å². The Labute approximate surface area is 133 Å². The van der Waals surface area contributed by atoms with Gasteiger partial charge in [-0.2, -0.15) is 0 Å². The summed E-state index contributed by atoms with van der Waals surface area (Å²) in [4.78, 5) is 0. The van der Waals surface area contributed by atoms with Gasteiger partial charge in [0.25, 0.3) is 0 Å². The van der Waals surface area contributed by atoms with Gasteiger partial charge in [-0.3, -0.25) is 0 Å². The van der Waals surface area contributed by atoms with Gasteiger partial charge in [0, 0.05) is 14.9 Å². The third kappa shape index (κ3) is 3.25. The van der Waals surface area contributed by atoms with Crippen molar-refractivity contribution in [2.24, 2.45) is 0 Å². The fourth-order valence-electron chi connectivity index (χ4n) is 2.51. The SMILES string of the molecule is CCC(CO)(Cc1ccc(Br)cc1Cl)c1ccccc1. The van der Waals surface area contributed by atoms with Gasteiger partial charge in [-0.05, 0) is 36.1 Å². The third-order valence-corrected chi connectivity index (χ3v) is 4.75. The molecule has 1 unspecified atom stereocenters. The highest BCUT2D eigenvalue weighted by Crippen LogP contribution is 2.34. The van der Waals surface area contributed by atoms with Crippen LogP contribution in [0.1, 0.15) is 24.5 Å². The maximum absolute atomic E-state index is 9.98. The van der Waals surface area contributed by atoms with Gasteiger partial charge >= 0.3 is 0 Å². The number of aliphatic hydroxyl groups is 1. The van der Waals surface area contributed by atoms with Crippen LogP contribution in [-0.4, -0.2) is 11.7 Å². The summed E-state index contributed by atoms with van der Waals surface area (Å²) in [6.07, 6.45) is 1.59. The molecule has 2 aromatic rings. The van der Waals surface area contributed by atoms with Crippen LogP contribution in [0.2, 0.25) is 5.02 Å². The Kier molecular flexibility index (Phi) is 5.25. The lowest BCUT2D eigenvalue weighted by atomic mass is 9.74. The molecule has 0 saturated carbocycles. The number of hydrogen-bond acceptors (Lipinski definition) is 1. The van der Waals surface area contributed by atoms with Crippen molar-refractivity contribution in [3.8, 4) is 0 Å². The second kappa shape index (κ2) is 6.75. The number of halogens is 2. The minimum Gasteiger partial charge on any atom is -0.395 e. The molecule has 0 spiro atoms. The van der Waals surface area contributed by atoms with E-state index >= 15 is 0 Å². The van der Waals surface area contributed by atoms with E-state index in [1.165, 1.54) is 0 Å². The zero-order chi connectivity index (χ0) is 14.6. The Bertz CT molecular complexity index is 564. The molecule has 1 N–H and O–H groups in total. The molecule has 20 heavy (non-hydrogen) atoms. The van der Waals surface area contributed by atoms with Crippen LogP contribution in [0.25, 0.3) is 0 Å². The molecule has 2 aromatic carbocycles. The summed E-state index contributed by atoms with van der Waals surface area (Å²) >= 11 is 9.75. The van der Waals surface area contributed by atoms with E-state index in [4.69, 9.17) is 11.6 Å². The number of hydrogen-bond donors (Lipinski definition) is 1. The molecule has 0 aliphatic carbocycles. The largest absolute Gasteiger partial charge is 0.395 e. The van der Waals surface area contributed by atoms with Crippen molar-refractivity contribution in [3.05, 3.63) is 69.2 Å². The Morgan fingerprint density at radius 2 is 1.85 bits per heavy atom. The van der Waals surface area contributed by atoms with Gasteiger partial charge in [0.2, 0.25) is 0 Å². The molecule has 0 fully saturated rings. The van der Waals surface area contributed by atoms with Crippen molar-refractivity contribution in [1.82, 2.24) is 0 Å². The van der Waals surface area contributed by atoms with Crippen molar-refractivity contribution in [3.63, 3.8) is 0 Å². The standard InChI is InChI=1S/C17H18BrClO/c1-2-17(12-20,14-6-4-3-5-7-14)11-13-8-9-15(18)10-16(13)19/h3-10,20H,2,11-12H2,1H3. The Hall–Kier alpha value is -0.830. The lowest BCUT2D eigenvalue weighted by Crippen LogP contribution is -2.32. The van der Waals surface area contributed by atoms with E-state index in [0.717, 1.165) is 33.5 Å². The summed E-state index contributed by atoms with van der Waals surface area (Å²) in [5.74, 6) is 0. The fraction of sp³-hybridized carbons (Fsp3) is 0.294. The van der Waals surface area contributed by atoms with Gasteiger partial charge < -0.3 is 5.11 Å². The molecule has 106 valence electrons. The zero-order valence-electron chi connectivity index (χ0n) is 11.4. The van der Waals surface area contributed by atoms with Crippen LogP contribution < -0.4 is 0 Å². The van der Waals surface area contributed by atoms with Crippen LogP contribution in [0.5, 0.6) is 0 Å². The second-order valence-electron chi connectivity index (χ2n) is 5.07. The first-order chi connectivity index (χ1) is 9.61. The van der Waals surface area contributed by atoms with Crippen molar-refractivity contribution < 1.29 is 5.11 Å². The minimum atomic E-state index is -0.279. The van der Waals surface area contributed by atoms with Crippen molar-refractivity contribution in [1.29, 1.82) is 0 Å². The summed E-state index contributed by atoms with van der Waals surface area (Å²) in [6, 6.07) is 16.1. The van der Waals surface area contributed by atoms with E-state index in [-0.39, 0.29) is 12.0 Å². The first-order valence-corrected chi connectivity index (χ1v) is 7.89. The first kappa shape index (κ1) is 15.6. The van der Waals surface area contributed by atoms with E-state index in [2.05, 4.69) is 35.0 Å². The number of aliphatic hydroxyl groups excluding tert-OH is 1. The van der Waals surface area contributed by atoms with Gasteiger partial charge in [0.15, 0.2) is 0 Å². The predicted molar refractivity (Wildman–Crippen MR) is 88.4 cm³/mol. The van der Waals surface area contributed by atoms with Crippen LogP contribution in [0.15, 0.2) is 53.0 Å². The van der Waals surface area contributed by atoms with Crippen molar-refractivity contribution >= 4 is 27.5 Å². The predicted octanol–water partition coefficient (Wildman–Crippen LogP) is 4.99. The van der Waals surface area contributed by atoms with Crippen LogP contribution in [-0.2, 0) is 11.8 Å². The summed E-state index contributed by atoms with van der Waals surface area (Å²) in [5.41, 5.74) is 1.94. The fourth-order valence-corrected chi connectivity index (χ4v) is 3.25. The molecule has 0 aromatic heterocycles. The molecule has 0 aliphatic rings. The smallest absolute Gasteiger partial charge is 0.0531 e. The van der Waals surface area contributed by atoms with Crippen molar-refractivity contribution in [2.75, 3.05) is 6.61 Å². The number of rotatable bonds is 5. The van der Waals surface area contributed by atoms with Crippen LogP contribution in [0.4, 0.5) is 0 Å². The lowest BCUT2D eigenvalue weighted by Gasteiger charge is -2.32. The average molecular weight is 354 g/mol. The maximum atomic E-state index is 9.98. The molecule has 0 amide bonds. The van der Waals surface area contributed by atoms with E-state index in [0.29, 0.717) is 0 Å². The molecule has 3 heteroatoms. The highest BCUT2D eigenvalue weighted by Gasteiger charge is 2.30. The van der Waals surface area contributed by atoms with Gasteiger partial charge in [0.05, 0.1) is 6.61 Å². The quantitative estimate of drug-likeness (QED) is 0.803. The summed E-state index contributed by atoms with van der Waals surface area (Å²) in [6.45, 7) is 2.22. The monoisotopic (exact) mass is 352 g/mol. The van der Waals surface area contributed by atoms with Crippen LogP contribution in [0, 0.1) is 0 Å².